The SMILES string of the molecule is CC1=C(c2ccccc2)C(CC(O)C2CCC(C3(O)CC3C(O)(CC3C(c4ccccc4)=C(C)c4cncn43)C3CCN(c4cc[nH]n4)CC3)CC2)n2cncc21.CC1=C(c2ccccc2)C(CC(O)C2CCN(c3ccccc3N)CC2)n2cncc21. The van der Waals surface area contributed by atoms with Gasteiger partial charge in [-0.25, -0.2) is 15.0 Å². The van der Waals surface area contributed by atoms with Crippen molar-refractivity contribution in [2.24, 2.45) is 29.6 Å². The molecule has 15 heteroatoms. The second-order valence-corrected chi connectivity index (χ2v) is 26.6. The van der Waals surface area contributed by atoms with Gasteiger partial charge in [0.1, 0.15) is 5.82 Å². The Labute approximate surface area is 517 Å². The van der Waals surface area contributed by atoms with Crippen LogP contribution in [0.15, 0.2) is 165 Å². The molecule has 4 fully saturated rings. The number of aromatic nitrogens is 8. The third kappa shape index (κ3) is 10.5. The first-order valence-electron chi connectivity index (χ1n) is 32.4. The third-order valence-corrected chi connectivity index (χ3v) is 22.0. The summed E-state index contributed by atoms with van der Waals surface area (Å²) < 4.78 is 6.73. The smallest absolute Gasteiger partial charge is 0.150 e. The number of allylic oxidation sites excluding steroid dienone is 6. The molecular weight excluding hydrogens is 1090 g/mol. The number of aliphatic hydroxyl groups excluding tert-OH is 2. The van der Waals surface area contributed by atoms with Crippen molar-refractivity contribution in [3.8, 4) is 0 Å². The molecule has 5 aliphatic heterocycles. The Bertz CT molecular complexity index is 3810. The largest absolute Gasteiger partial charge is 0.397 e. The number of H-pyrrole nitrogens is 1. The molecule has 0 radical (unpaired) electrons. The van der Waals surface area contributed by atoms with Crippen LogP contribution in [0.25, 0.3) is 33.4 Å². The minimum Gasteiger partial charge on any atom is -0.397 e. The molecule has 2 saturated heterocycles. The van der Waals surface area contributed by atoms with Crippen LogP contribution in [0.4, 0.5) is 17.2 Å². The normalized spacial score (nSPS) is 25.9. The van der Waals surface area contributed by atoms with E-state index in [9.17, 15) is 20.4 Å². The highest BCUT2D eigenvalue weighted by Crippen LogP contribution is 2.64. The molecule has 2 aliphatic carbocycles. The Morgan fingerprint density at radius 1 is 0.557 bits per heavy atom. The van der Waals surface area contributed by atoms with Crippen LogP contribution in [0.5, 0.6) is 0 Å². The number of nitrogen functional groups attached to an aromatic ring is 1. The van der Waals surface area contributed by atoms with Crippen molar-refractivity contribution >= 4 is 50.6 Å². The van der Waals surface area contributed by atoms with E-state index in [4.69, 9.17) is 5.73 Å². The second kappa shape index (κ2) is 23.9. The number of imidazole rings is 3. The molecule has 0 spiro atoms. The number of benzene rings is 4. The van der Waals surface area contributed by atoms with Crippen molar-refractivity contribution in [2.75, 3.05) is 41.7 Å². The molecule has 0 amide bonds. The van der Waals surface area contributed by atoms with E-state index in [-0.39, 0.29) is 47.9 Å². The number of para-hydroxylation sites is 2. The van der Waals surface area contributed by atoms with Gasteiger partial charge in [-0.15, -0.1) is 0 Å². The van der Waals surface area contributed by atoms with Gasteiger partial charge < -0.3 is 49.7 Å². The summed E-state index contributed by atoms with van der Waals surface area (Å²) in [6, 6.07) is 41.8. The lowest BCUT2D eigenvalue weighted by Gasteiger charge is -2.45. The van der Waals surface area contributed by atoms with Crippen molar-refractivity contribution in [2.45, 2.75) is 139 Å². The Kier molecular flexibility index (Phi) is 15.8. The van der Waals surface area contributed by atoms with E-state index < -0.39 is 17.3 Å². The Morgan fingerprint density at radius 2 is 1.00 bits per heavy atom. The zero-order valence-corrected chi connectivity index (χ0v) is 51.1. The molecule has 8 atom stereocenters. The van der Waals surface area contributed by atoms with Crippen LogP contribution < -0.4 is 15.5 Å². The first-order valence-corrected chi connectivity index (χ1v) is 32.4. The highest BCUT2D eigenvalue weighted by atomic mass is 16.3. The molecule has 7 aliphatic rings. The maximum atomic E-state index is 13.4. The molecule has 2 saturated carbocycles. The van der Waals surface area contributed by atoms with E-state index >= 15 is 0 Å². The first-order chi connectivity index (χ1) is 42.9. The van der Waals surface area contributed by atoms with Gasteiger partial charge >= 0.3 is 0 Å². The summed E-state index contributed by atoms with van der Waals surface area (Å²) in [5.41, 5.74) is 20.6. The number of hydrogen-bond acceptors (Lipinski definition) is 11. The number of nitrogens with two attached hydrogens (primary N) is 1. The Hall–Kier alpha value is -7.82. The van der Waals surface area contributed by atoms with Crippen molar-refractivity contribution in [3.05, 3.63) is 199 Å². The number of aromatic amines is 1. The lowest BCUT2D eigenvalue weighted by molar-refractivity contribution is -0.0951. The van der Waals surface area contributed by atoms with Gasteiger partial charge in [0.15, 0.2) is 0 Å². The minimum atomic E-state index is -1.08. The van der Waals surface area contributed by atoms with Crippen LogP contribution in [0.3, 0.4) is 0 Å². The zero-order valence-electron chi connectivity index (χ0n) is 51.1. The average molecular weight is 1180 g/mol. The molecule has 8 aromatic rings. The fourth-order valence-corrected chi connectivity index (χ4v) is 17.3. The quantitative estimate of drug-likeness (QED) is 0.0504. The fraction of sp³-hybridized carbons (Fsp3) is 0.425. The van der Waals surface area contributed by atoms with Gasteiger partial charge in [0.05, 0.1) is 108 Å². The Morgan fingerprint density at radius 3 is 1.48 bits per heavy atom. The molecular formula is C73H85N11O4. The highest BCUT2D eigenvalue weighted by Gasteiger charge is 2.68. The standard InChI is InChI=1S/C47H55N7O3.C26H30N4O/c1-30-39-26-48-28-53(39)37(44(30)33-9-5-3-6-10-33)23-41(55)32-13-15-35(16-14-32)47(57)25-42(47)46(56,36-18-21-52(22-19-36)43-17-20-50-51-43)24-38-45(34-11-7-4-8-12-34)31(2)40-27-49-29-54(38)40;1-18-24-16-28-17-30(24)23(26(18)20-7-3-2-4-8-20)15-25(31)19-11-13-29(14-12-19)22-10-6-5-9-21(22)27/h3-12,17,20,26-29,32,35-38,41-42,55-57H,13-16,18-19,21-25H2,1-2H3,(H,50,51);2-10,16-17,19,23,25,31H,11-15,27H2,1H3. The van der Waals surface area contributed by atoms with Crippen molar-refractivity contribution < 1.29 is 20.4 Å². The monoisotopic (exact) mass is 1180 g/mol. The van der Waals surface area contributed by atoms with Crippen LogP contribution in [0.1, 0.15) is 150 Å². The number of aliphatic hydroxyl groups is 4. The summed E-state index contributed by atoms with van der Waals surface area (Å²) >= 11 is 0. The number of hydrogen-bond donors (Lipinski definition) is 6. The summed E-state index contributed by atoms with van der Waals surface area (Å²) in [5.74, 6) is 1.31. The van der Waals surface area contributed by atoms with Crippen molar-refractivity contribution in [1.82, 2.24) is 38.9 Å². The molecule has 88 heavy (non-hydrogen) atoms. The van der Waals surface area contributed by atoms with Gasteiger partial charge in [0.25, 0.3) is 0 Å². The molecule has 15 nitrogen and oxygen atoms in total. The summed E-state index contributed by atoms with van der Waals surface area (Å²) in [6.45, 7) is 10.0. The molecule has 15 rings (SSSR count). The second-order valence-electron chi connectivity index (χ2n) is 26.6. The number of piperidine rings is 2. The topological polar surface area (TPSA) is 196 Å². The summed E-state index contributed by atoms with van der Waals surface area (Å²) in [6.07, 6.45) is 22.2. The summed E-state index contributed by atoms with van der Waals surface area (Å²) in [7, 11) is 0. The van der Waals surface area contributed by atoms with Crippen LogP contribution >= 0.6 is 0 Å². The van der Waals surface area contributed by atoms with Gasteiger partial charge in [0.2, 0.25) is 0 Å². The van der Waals surface area contributed by atoms with Gasteiger partial charge in [-0.3, -0.25) is 5.10 Å². The number of fused-ring (bicyclic) bond motifs is 3. The van der Waals surface area contributed by atoms with Crippen LogP contribution in [0.2, 0.25) is 0 Å². The number of anilines is 3. The lowest BCUT2D eigenvalue weighted by Crippen LogP contribution is -2.50. The highest BCUT2D eigenvalue weighted by molar-refractivity contribution is 5.95. The van der Waals surface area contributed by atoms with E-state index in [0.717, 1.165) is 112 Å². The van der Waals surface area contributed by atoms with Crippen LogP contribution in [-0.4, -0.2) is 109 Å². The van der Waals surface area contributed by atoms with Crippen molar-refractivity contribution in [1.29, 1.82) is 0 Å². The predicted molar refractivity (Wildman–Crippen MR) is 349 cm³/mol. The van der Waals surface area contributed by atoms with E-state index in [0.29, 0.717) is 31.6 Å². The van der Waals surface area contributed by atoms with E-state index in [1.165, 1.54) is 50.1 Å². The zero-order chi connectivity index (χ0) is 60.3. The summed E-state index contributed by atoms with van der Waals surface area (Å²) in [4.78, 5) is 18.0. The van der Waals surface area contributed by atoms with Gasteiger partial charge in [-0.2, -0.15) is 5.10 Å². The molecule has 456 valence electrons. The molecule has 0 bridgehead atoms. The maximum Gasteiger partial charge on any atom is 0.150 e. The number of nitrogens with one attached hydrogen (secondary N) is 1. The molecule has 4 aromatic carbocycles. The van der Waals surface area contributed by atoms with E-state index in [1.54, 1.807) is 0 Å². The van der Waals surface area contributed by atoms with Crippen LogP contribution in [0, 0.1) is 29.6 Å². The molecule has 9 heterocycles. The minimum absolute atomic E-state index is 0.0320. The molecule has 7 N–H and O–H groups in total. The Balaban J connectivity index is 0.000000185. The van der Waals surface area contributed by atoms with Crippen molar-refractivity contribution in [3.63, 3.8) is 0 Å². The average Bonchev–Trinajstić information content (AvgIpc) is 2.69. The first kappa shape index (κ1) is 57.9. The third-order valence-electron chi connectivity index (χ3n) is 22.0. The maximum absolute atomic E-state index is 13.4. The van der Waals surface area contributed by atoms with Gasteiger partial charge in [-0.05, 0) is 177 Å². The van der Waals surface area contributed by atoms with Crippen LogP contribution in [-0.2, 0) is 0 Å². The summed E-state index contributed by atoms with van der Waals surface area (Å²) in [5, 5.41) is 56.6. The van der Waals surface area contributed by atoms with E-state index in [2.05, 4.69) is 154 Å². The predicted octanol–water partition coefficient (Wildman–Crippen LogP) is 12.4. The lowest BCUT2D eigenvalue weighted by atomic mass is 9.69. The van der Waals surface area contributed by atoms with Gasteiger partial charge in [0, 0.05) is 50.8 Å². The fourth-order valence-electron chi connectivity index (χ4n) is 17.3. The molecule has 4 aromatic heterocycles. The molecule has 8 unspecified atom stereocenters. The number of rotatable bonds is 16. The van der Waals surface area contributed by atoms with Gasteiger partial charge in [-0.1, -0.05) is 103 Å². The van der Waals surface area contributed by atoms with E-state index in [1.807, 2.05) is 80.2 Å². The number of nitrogens with zero attached hydrogens (tertiary/aromatic N) is 9.